The third kappa shape index (κ3) is 3.20. The zero-order chi connectivity index (χ0) is 14.4. The third-order valence-corrected chi connectivity index (χ3v) is 2.76. The van der Waals surface area contributed by atoms with Crippen LogP contribution in [0.2, 0.25) is 0 Å². The van der Waals surface area contributed by atoms with E-state index in [1.165, 1.54) is 0 Å². The molecule has 0 saturated carbocycles. The molecule has 1 heterocycles. The molecule has 1 aromatic carbocycles. The maximum Gasteiger partial charge on any atom is 0.340 e. The van der Waals surface area contributed by atoms with E-state index in [4.69, 9.17) is 10.6 Å². The van der Waals surface area contributed by atoms with Crippen LogP contribution in [-0.2, 0) is 16.2 Å². The van der Waals surface area contributed by atoms with Gasteiger partial charge in [-0.1, -0.05) is 30.3 Å². The summed E-state index contributed by atoms with van der Waals surface area (Å²) in [4.78, 5) is 20.9. The highest BCUT2D eigenvalue weighted by molar-refractivity contribution is 5.91. The lowest BCUT2D eigenvalue weighted by Crippen LogP contribution is -2.12. The van der Waals surface area contributed by atoms with Crippen LogP contribution in [0.3, 0.4) is 0 Å². The molecule has 0 aliphatic carbocycles. The van der Waals surface area contributed by atoms with Crippen molar-refractivity contribution < 1.29 is 14.4 Å². The van der Waals surface area contributed by atoms with Gasteiger partial charge in [-0.15, -0.1) is 0 Å². The van der Waals surface area contributed by atoms with Gasteiger partial charge in [0.1, 0.15) is 6.61 Å². The molecule has 2 N–H and O–H groups in total. The van der Waals surface area contributed by atoms with Gasteiger partial charge < -0.3 is 4.74 Å². The molecule has 0 atom stereocenters. The number of carbonyl (C=O) groups is 1. The summed E-state index contributed by atoms with van der Waals surface area (Å²) in [6.45, 7) is 2.11. The van der Waals surface area contributed by atoms with E-state index in [0.717, 1.165) is 11.3 Å². The van der Waals surface area contributed by atoms with E-state index in [9.17, 15) is 4.79 Å². The molecule has 0 fully saturated rings. The number of nitrogens with two attached hydrogens (primary N) is 1. The summed E-state index contributed by atoms with van der Waals surface area (Å²) >= 11 is 0. The van der Waals surface area contributed by atoms with E-state index in [2.05, 4.69) is 9.82 Å². The Bertz CT molecular complexity index is 585. The van der Waals surface area contributed by atoms with Gasteiger partial charge in [-0.3, -0.25) is 4.84 Å². The lowest BCUT2D eigenvalue weighted by molar-refractivity contribution is 0.0517. The Morgan fingerprint density at radius 1 is 1.20 bits per heavy atom. The maximum atomic E-state index is 11.8. The van der Waals surface area contributed by atoms with Crippen molar-refractivity contribution in [3.05, 3.63) is 53.7 Å². The van der Waals surface area contributed by atoms with E-state index in [1.54, 1.807) is 19.1 Å². The van der Waals surface area contributed by atoms with Crippen LogP contribution in [0.4, 0.5) is 0 Å². The Balaban J connectivity index is 2.39. The Morgan fingerprint density at radius 2 is 1.95 bits per heavy atom. The van der Waals surface area contributed by atoms with Crippen LogP contribution >= 0.6 is 0 Å². The zero-order valence-corrected chi connectivity index (χ0v) is 11.2. The van der Waals surface area contributed by atoms with Crippen LogP contribution in [0.5, 0.6) is 0 Å². The van der Waals surface area contributed by atoms with Crippen LogP contribution in [0.25, 0.3) is 11.3 Å². The lowest BCUT2D eigenvalue weighted by atomic mass is 10.1. The second-order valence-electron chi connectivity index (χ2n) is 4.09. The highest BCUT2D eigenvalue weighted by Gasteiger charge is 2.15. The van der Waals surface area contributed by atoms with Gasteiger partial charge in [0.2, 0.25) is 0 Å². The number of pyridine rings is 1. The number of ether oxygens (including phenoxy) is 1. The minimum atomic E-state index is -0.424. The van der Waals surface area contributed by atoms with Gasteiger partial charge >= 0.3 is 5.97 Å². The van der Waals surface area contributed by atoms with Crippen molar-refractivity contribution >= 4 is 5.97 Å². The summed E-state index contributed by atoms with van der Waals surface area (Å²) in [7, 11) is 0. The van der Waals surface area contributed by atoms with E-state index in [0.29, 0.717) is 17.9 Å². The van der Waals surface area contributed by atoms with E-state index >= 15 is 0 Å². The second-order valence-corrected chi connectivity index (χ2v) is 4.09. The van der Waals surface area contributed by atoms with Crippen LogP contribution in [0.1, 0.15) is 23.0 Å². The van der Waals surface area contributed by atoms with Gasteiger partial charge in [-0.2, -0.15) is 0 Å². The average Bonchev–Trinajstić information content (AvgIpc) is 2.48. The molecule has 5 heteroatoms. The van der Waals surface area contributed by atoms with Crippen molar-refractivity contribution in [2.75, 3.05) is 6.61 Å². The molecule has 0 radical (unpaired) electrons. The molecule has 104 valence electrons. The molecule has 1 aromatic heterocycles. The fraction of sp³-hybridized carbons (Fsp3) is 0.200. The van der Waals surface area contributed by atoms with E-state index in [1.807, 2.05) is 30.3 Å². The van der Waals surface area contributed by atoms with Crippen LogP contribution in [-0.4, -0.2) is 17.6 Å². The Hall–Kier alpha value is -2.24. The molecule has 5 nitrogen and oxygen atoms in total. The first-order valence-corrected chi connectivity index (χ1v) is 6.30. The first-order chi connectivity index (χ1) is 9.76. The molecule has 0 amide bonds. The molecule has 2 rings (SSSR count). The first-order valence-electron chi connectivity index (χ1n) is 6.30. The van der Waals surface area contributed by atoms with Crippen LogP contribution < -0.4 is 5.90 Å². The average molecular weight is 272 g/mol. The Labute approximate surface area is 117 Å². The molecule has 0 aliphatic heterocycles. The van der Waals surface area contributed by atoms with Gasteiger partial charge in [0.15, 0.2) is 0 Å². The van der Waals surface area contributed by atoms with E-state index < -0.39 is 5.97 Å². The van der Waals surface area contributed by atoms with Gasteiger partial charge in [0.25, 0.3) is 0 Å². The molecule has 0 bridgehead atoms. The smallest absolute Gasteiger partial charge is 0.340 e. The fourth-order valence-electron chi connectivity index (χ4n) is 1.85. The number of esters is 1. The quantitative estimate of drug-likeness (QED) is 0.668. The molecular weight excluding hydrogens is 256 g/mol. The number of carbonyl (C=O) groups excluding carboxylic acids is 1. The molecule has 0 saturated heterocycles. The van der Waals surface area contributed by atoms with Gasteiger partial charge in [-0.05, 0) is 19.1 Å². The molecule has 20 heavy (non-hydrogen) atoms. The SMILES string of the molecule is CCOC(=O)c1ccc(-c2ccccc2)nc1CON. The Kier molecular flexibility index (Phi) is 4.81. The largest absolute Gasteiger partial charge is 0.462 e. The lowest BCUT2D eigenvalue weighted by Gasteiger charge is -2.09. The Morgan fingerprint density at radius 3 is 2.60 bits per heavy atom. The van der Waals surface area contributed by atoms with Crippen molar-refractivity contribution in [2.24, 2.45) is 5.90 Å². The fourth-order valence-corrected chi connectivity index (χ4v) is 1.85. The highest BCUT2D eigenvalue weighted by Crippen LogP contribution is 2.19. The second kappa shape index (κ2) is 6.79. The predicted molar refractivity (Wildman–Crippen MR) is 74.6 cm³/mol. The van der Waals surface area contributed by atoms with Crippen LogP contribution in [0, 0.1) is 0 Å². The van der Waals surface area contributed by atoms with Crippen molar-refractivity contribution in [2.45, 2.75) is 13.5 Å². The zero-order valence-electron chi connectivity index (χ0n) is 11.2. The van der Waals surface area contributed by atoms with Gasteiger partial charge in [0.05, 0.1) is 23.6 Å². The van der Waals surface area contributed by atoms with Crippen molar-refractivity contribution in [3.63, 3.8) is 0 Å². The molecule has 0 spiro atoms. The number of nitrogens with zero attached hydrogens (tertiary/aromatic N) is 1. The van der Waals surface area contributed by atoms with Gasteiger partial charge in [-0.25, -0.2) is 15.7 Å². The topological polar surface area (TPSA) is 74.4 Å². The van der Waals surface area contributed by atoms with Crippen LogP contribution in [0.15, 0.2) is 42.5 Å². The summed E-state index contributed by atoms with van der Waals surface area (Å²) < 4.78 is 4.99. The minimum Gasteiger partial charge on any atom is -0.462 e. The number of aromatic nitrogens is 1. The predicted octanol–water partition coefficient (Wildman–Crippen LogP) is 2.32. The summed E-state index contributed by atoms with van der Waals surface area (Å²) in [5.41, 5.74) is 2.55. The first kappa shape index (κ1) is 14.2. The molecular formula is C15H16N2O3. The minimum absolute atomic E-state index is 0.0504. The van der Waals surface area contributed by atoms with Crippen molar-refractivity contribution in [1.29, 1.82) is 0 Å². The molecule has 0 unspecified atom stereocenters. The molecule has 2 aromatic rings. The molecule has 0 aliphatic rings. The number of benzene rings is 1. The normalized spacial score (nSPS) is 10.3. The summed E-state index contributed by atoms with van der Waals surface area (Å²) in [5.74, 6) is 4.68. The number of hydrogen-bond donors (Lipinski definition) is 1. The highest BCUT2D eigenvalue weighted by atomic mass is 16.6. The monoisotopic (exact) mass is 272 g/mol. The van der Waals surface area contributed by atoms with Crippen molar-refractivity contribution in [1.82, 2.24) is 4.98 Å². The number of hydrogen-bond acceptors (Lipinski definition) is 5. The summed E-state index contributed by atoms with van der Waals surface area (Å²) in [6, 6.07) is 13.1. The summed E-state index contributed by atoms with van der Waals surface area (Å²) in [6.07, 6.45) is 0. The number of rotatable bonds is 5. The van der Waals surface area contributed by atoms with Crippen molar-refractivity contribution in [3.8, 4) is 11.3 Å². The standard InChI is InChI=1S/C15H16N2O3/c1-2-19-15(18)12-8-9-13(17-14(12)10-20-16)11-6-4-3-5-7-11/h3-9H,2,10,16H2,1H3. The van der Waals surface area contributed by atoms with Gasteiger partial charge in [0, 0.05) is 5.56 Å². The maximum absolute atomic E-state index is 11.8. The summed E-state index contributed by atoms with van der Waals surface area (Å²) in [5, 5.41) is 0. The van der Waals surface area contributed by atoms with E-state index in [-0.39, 0.29) is 6.61 Å². The third-order valence-electron chi connectivity index (χ3n) is 2.76.